The monoisotopic (exact) mass is 292 g/mol. The van der Waals surface area contributed by atoms with Gasteiger partial charge in [-0.25, -0.2) is 9.97 Å². The molecule has 5 heteroatoms. The fourth-order valence-electron chi connectivity index (χ4n) is 1.45. The van der Waals surface area contributed by atoms with Gasteiger partial charge in [0.1, 0.15) is 0 Å². The molecule has 2 rings (SSSR count). The average molecular weight is 293 g/mol. The van der Waals surface area contributed by atoms with Crippen molar-refractivity contribution in [2.45, 2.75) is 11.9 Å². The first-order valence-corrected chi connectivity index (χ1v) is 6.38. The van der Waals surface area contributed by atoms with Crippen LogP contribution < -0.4 is 4.90 Å². The van der Waals surface area contributed by atoms with Gasteiger partial charge in [-0.3, -0.25) is 4.98 Å². The van der Waals surface area contributed by atoms with Crippen LogP contribution >= 0.6 is 15.9 Å². The third kappa shape index (κ3) is 3.23. The lowest BCUT2D eigenvalue weighted by molar-refractivity contribution is 0.861. The molecule has 0 spiro atoms. The van der Waals surface area contributed by atoms with Crippen molar-refractivity contribution >= 4 is 21.9 Å². The number of hydrogen-bond acceptors (Lipinski definition) is 4. The summed E-state index contributed by atoms with van der Waals surface area (Å²) in [7, 11) is 1.98. The summed E-state index contributed by atoms with van der Waals surface area (Å²) < 4.78 is 0. The van der Waals surface area contributed by atoms with Crippen LogP contribution in [-0.4, -0.2) is 22.0 Å². The van der Waals surface area contributed by atoms with Gasteiger partial charge in [-0.15, -0.1) is 0 Å². The molecule has 2 aromatic rings. The lowest BCUT2D eigenvalue weighted by Gasteiger charge is -2.16. The van der Waals surface area contributed by atoms with Gasteiger partial charge < -0.3 is 4.90 Å². The standard InChI is InChI=1S/C12H13BrN4/c1-17(9-10-2-4-14-5-3-10)12-15-7-11(6-13)8-16-12/h2-5,7-8H,6,9H2,1H3. The maximum Gasteiger partial charge on any atom is 0.225 e. The van der Waals surface area contributed by atoms with Gasteiger partial charge >= 0.3 is 0 Å². The van der Waals surface area contributed by atoms with Crippen LogP contribution in [0.4, 0.5) is 5.95 Å². The number of halogens is 1. The molecular weight excluding hydrogens is 280 g/mol. The minimum Gasteiger partial charge on any atom is -0.340 e. The first-order chi connectivity index (χ1) is 8.29. The molecule has 0 aliphatic carbocycles. The van der Waals surface area contributed by atoms with Gasteiger partial charge in [0.15, 0.2) is 0 Å². The van der Waals surface area contributed by atoms with Crippen molar-refractivity contribution in [3.05, 3.63) is 48.0 Å². The Balaban J connectivity index is 2.06. The highest BCUT2D eigenvalue weighted by molar-refractivity contribution is 9.08. The molecule has 88 valence electrons. The van der Waals surface area contributed by atoms with E-state index in [1.165, 1.54) is 5.56 Å². The summed E-state index contributed by atoms with van der Waals surface area (Å²) in [5.41, 5.74) is 2.27. The van der Waals surface area contributed by atoms with Crippen molar-refractivity contribution in [1.29, 1.82) is 0 Å². The molecular formula is C12H13BrN4. The van der Waals surface area contributed by atoms with E-state index in [-0.39, 0.29) is 0 Å². The van der Waals surface area contributed by atoms with Gasteiger partial charge in [-0.1, -0.05) is 15.9 Å². The van der Waals surface area contributed by atoms with E-state index in [1.807, 2.05) is 36.5 Å². The molecule has 0 bridgehead atoms. The zero-order valence-electron chi connectivity index (χ0n) is 9.55. The topological polar surface area (TPSA) is 41.9 Å². The average Bonchev–Trinajstić information content (AvgIpc) is 2.40. The highest BCUT2D eigenvalue weighted by Crippen LogP contribution is 2.10. The molecule has 17 heavy (non-hydrogen) atoms. The number of pyridine rings is 1. The molecule has 0 saturated heterocycles. The second-order valence-electron chi connectivity index (χ2n) is 3.74. The van der Waals surface area contributed by atoms with Crippen molar-refractivity contribution in [1.82, 2.24) is 15.0 Å². The van der Waals surface area contributed by atoms with Crippen LogP contribution in [0.1, 0.15) is 11.1 Å². The number of anilines is 1. The third-order valence-corrected chi connectivity index (χ3v) is 3.00. The first kappa shape index (κ1) is 12.0. The molecule has 0 aliphatic rings. The summed E-state index contributed by atoms with van der Waals surface area (Å²) >= 11 is 3.37. The third-order valence-electron chi connectivity index (χ3n) is 2.36. The quantitative estimate of drug-likeness (QED) is 0.812. The fourth-order valence-corrected chi connectivity index (χ4v) is 1.74. The summed E-state index contributed by atoms with van der Waals surface area (Å²) in [6.45, 7) is 0.774. The van der Waals surface area contributed by atoms with Crippen molar-refractivity contribution in [3.8, 4) is 0 Å². The van der Waals surface area contributed by atoms with Crippen molar-refractivity contribution in [3.63, 3.8) is 0 Å². The normalized spacial score (nSPS) is 10.2. The van der Waals surface area contributed by atoms with Crippen LogP contribution in [0, 0.1) is 0 Å². The van der Waals surface area contributed by atoms with Gasteiger partial charge in [-0.2, -0.15) is 0 Å². The Bertz CT molecular complexity index is 458. The van der Waals surface area contributed by atoms with Gasteiger partial charge in [0, 0.05) is 43.7 Å². The summed E-state index contributed by atoms with van der Waals surface area (Å²) in [5.74, 6) is 0.728. The van der Waals surface area contributed by atoms with Crippen LogP contribution in [0.5, 0.6) is 0 Å². The van der Waals surface area contributed by atoms with Crippen molar-refractivity contribution < 1.29 is 0 Å². The van der Waals surface area contributed by atoms with Gasteiger partial charge in [-0.05, 0) is 23.3 Å². The summed E-state index contributed by atoms with van der Waals surface area (Å²) in [6.07, 6.45) is 7.25. The fraction of sp³-hybridized carbons (Fsp3) is 0.250. The van der Waals surface area contributed by atoms with E-state index in [4.69, 9.17) is 0 Å². The lowest BCUT2D eigenvalue weighted by atomic mass is 10.2. The number of rotatable bonds is 4. The molecule has 0 aliphatic heterocycles. The highest BCUT2D eigenvalue weighted by atomic mass is 79.9. The smallest absolute Gasteiger partial charge is 0.225 e. The van der Waals surface area contributed by atoms with Gasteiger partial charge in [0.25, 0.3) is 0 Å². The Morgan fingerprint density at radius 1 is 1.12 bits per heavy atom. The molecule has 0 aromatic carbocycles. The van der Waals surface area contributed by atoms with Crippen LogP contribution in [-0.2, 0) is 11.9 Å². The van der Waals surface area contributed by atoms with Crippen LogP contribution in [0.15, 0.2) is 36.9 Å². The molecule has 2 aromatic heterocycles. The second kappa shape index (κ2) is 5.72. The largest absolute Gasteiger partial charge is 0.340 e. The zero-order valence-corrected chi connectivity index (χ0v) is 11.1. The number of aromatic nitrogens is 3. The lowest BCUT2D eigenvalue weighted by Crippen LogP contribution is -2.19. The Labute approximate surface area is 109 Å². The van der Waals surface area contributed by atoms with E-state index in [0.717, 1.165) is 23.4 Å². The van der Waals surface area contributed by atoms with Gasteiger partial charge in [0.2, 0.25) is 5.95 Å². The summed E-state index contributed by atoms with van der Waals surface area (Å²) in [6, 6.07) is 3.98. The maximum atomic E-state index is 4.31. The van der Waals surface area contributed by atoms with E-state index < -0.39 is 0 Å². The molecule has 2 heterocycles. The molecule has 4 nitrogen and oxygen atoms in total. The molecule has 0 radical (unpaired) electrons. The van der Waals surface area contributed by atoms with E-state index in [1.54, 1.807) is 12.4 Å². The number of alkyl halides is 1. The Morgan fingerprint density at radius 3 is 2.35 bits per heavy atom. The zero-order chi connectivity index (χ0) is 12.1. The Kier molecular flexibility index (Phi) is 4.03. The van der Waals surface area contributed by atoms with E-state index in [9.17, 15) is 0 Å². The van der Waals surface area contributed by atoms with Crippen LogP contribution in [0.3, 0.4) is 0 Å². The summed E-state index contributed by atoms with van der Waals surface area (Å²) in [5, 5.41) is 0.779. The molecule has 0 amide bonds. The van der Waals surface area contributed by atoms with Crippen LogP contribution in [0.2, 0.25) is 0 Å². The minimum absolute atomic E-state index is 0.728. The Morgan fingerprint density at radius 2 is 1.76 bits per heavy atom. The molecule has 0 saturated carbocycles. The maximum absolute atomic E-state index is 4.31. The number of nitrogens with zero attached hydrogens (tertiary/aromatic N) is 4. The Hall–Kier alpha value is -1.49. The highest BCUT2D eigenvalue weighted by Gasteiger charge is 2.04. The second-order valence-corrected chi connectivity index (χ2v) is 4.30. The molecule has 0 N–H and O–H groups in total. The minimum atomic E-state index is 0.728. The SMILES string of the molecule is CN(Cc1ccncc1)c1ncc(CBr)cn1. The molecule has 0 atom stereocenters. The van der Waals surface area contributed by atoms with Gasteiger partial charge in [0.05, 0.1) is 0 Å². The molecule has 0 fully saturated rings. The summed E-state index contributed by atoms with van der Waals surface area (Å²) in [4.78, 5) is 14.6. The number of hydrogen-bond donors (Lipinski definition) is 0. The van der Waals surface area contributed by atoms with Crippen molar-refractivity contribution in [2.24, 2.45) is 0 Å². The predicted octanol–water partition coefficient (Wildman–Crippen LogP) is 2.40. The molecule has 0 unspecified atom stereocenters. The van der Waals surface area contributed by atoms with Crippen molar-refractivity contribution in [2.75, 3.05) is 11.9 Å². The van der Waals surface area contributed by atoms with E-state index >= 15 is 0 Å². The predicted molar refractivity (Wildman–Crippen MR) is 71.0 cm³/mol. The van der Waals surface area contributed by atoms with E-state index in [0.29, 0.717) is 0 Å². The first-order valence-electron chi connectivity index (χ1n) is 5.26. The van der Waals surface area contributed by atoms with E-state index in [2.05, 4.69) is 30.9 Å². The van der Waals surface area contributed by atoms with Crippen LogP contribution in [0.25, 0.3) is 0 Å².